The molecule has 0 saturated heterocycles. The van der Waals surface area contributed by atoms with Gasteiger partial charge in [0.2, 0.25) is 0 Å². The molecule has 0 amide bonds. The molecule has 0 aliphatic carbocycles. The Morgan fingerprint density at radius 2 is 2.12 bits per heavy atom. The molecule has 0 saturated carbocycles. The number of carbonyl (C=O) groups is 1. The molecule has 0 atom stereocenters. The molecule has 0 aliphatic heterocycles. The molecule has 3 heterocycles. The number of carbonyl (C=O) groups excluding carboxylic acids is 1. The number of aryl methyl sites for hydroxylation is 2. The molecule has 7 nitrogen and oxygen atoms in total. The minimum absolute atomic E-state index is 0.321. The van der Waals surface area contributed by atoms with E-state index < -0.39 is 5.54 Å². The lowest BCUT2D eigenvalue weighted by Crippen LogP contribution is -2.37. The number of hydrogen-bond donors (Lipinski definition) is 1. The minimum atomic E-state index is -0.884. The van der Waals surface area contributed by atoms with E-state index in [1.165, 1.54) is 0 Å². The Morgan fingerprint density at radius 3 is 2.84 bits per heavy atom. The summed E-state index contributed by atoms with van der Waals surface area (Å²) in [5.74, 6) is 1.13. The molecule has 8 heteroatoms. The molecular weight excluding hydrogens is 338 g/mol. The van der Waals surface area contributed by atoms with E-state index in [4.69, 9.17) is 4.74 Å². The summed E-state index contributed by atoms with van der Waals surface area (Å²) in [5, 5.41) is 10.7. The Hall–Kier alpha value is -2.48. The molecule has 25 heavy (non-hydrogen) atoms. The summed E-state index contributed by atoms with van der Waals surface area (Å²) in [6.07, 6.45) is 3.45. The van der Waals surface area contributed by atoms with Gasteiger partial charge in [-0.1, -0.05) is 0 Å². The molecule has 0 aliphatic rings. The summed E-state index contributed by atoms with van der Waals surface area (Å²) < 4.78 is 6.72. The number of anilines is 2. The third-order valence-electron chi connectivity index (χ3n) is 3.92. The lowest BCUT2D eigenvalue weighted by Gasteiger charge is -2.22. The number of rotatable bonds is 5. The van der Waals surface area contributed by atoms with Gasteiger partial charge in [0.1, 0.15) is 16.5 Å². The standard InChI is InChI=1S/C17H21N5O2S/c1-6-24-16(23)17(4,5)22-8-12(7-18-22)21-14-13-10(2)9-25-15(13)20-11(3)19-14/h7-9H,6H2,1-5H3,(H,19,20,21). The smallest absolute Gasteiger partial charge is 0.333 e. The fraction of sp³-hybridized carbons (Fsp3) is 0.412. The lowest BCUT2D eigenvalue weighted by molar-refractivity contribution is -0.152. The van der Waals surface area contributed by atoms with Crippen LogP contribution >= 0.6 is 11.3 Å². The predicted octanol–water partition coefficient (Wildman–Crippen LogP) is 3.55. The molecule has 0 aromatic carbocycles. The Kier molecular flexibility index (Phi) is 4.47. The van der Waals surface area contributed by atoms with Crippen LogP contribution in [0.3, 0.4) is 0 Å². The lowest BCUT2D eigenvalue weighted by atomic mass is 10.1. The summed E-state index contributed by atoms with van der Waals surface area (Å²) in [5.41, 5.74) is 0.995. The average Bonchev–Trinajstić information content (AvgIpc) is 3.15. The van der Waals surface area contributed by atoms with Crippen LogP contribution in [0.2, 0.25) is 0 Å². The number of nitrogens with zero attached hydrogens (tertiary/aromatic N) is 4. The first-order valence-electron chi connectivity index (χ1n) is 8.04. The van der Waals surface area contributed by atoms with Crippen LogP contribution in [0.1, 0.15) is 32.2 Å². The van der Waals surface area contributed by atoms with Crippen LogP contribution in [-0.4, -0.2) is 32.3 Å². The summed E-state index contributed by atoms with van der Waals surface area (Å²) in [6.45, 7) is 9.58. The molecule has 0 radical (unpaired) electrons. The van der Waals surface area contributed by atoms with Crippen LogP contribution in [0, 0.1) is 13.8 Å². The monoisotopic (exact) mass is 359 g/mol. The van der Waals surface area contributed by atoms with Crippen molar-refractivity contribution in [2.75, 3.05) is 11.9 Å². The highest BCUT2D eigenvalue weighted by Crippen LogP contribution is 2.31. The quantitative estimate of drug-likeness (QED) is 0.702. The fourth-order valence-electron chi connectivity index (χ4n) is 2.51. The molecule has 132 valence electrons. The number of aromatic nitrogens is 4. The number of hydrogen-bond acceptors (Lipinski definition) is 7. The SMILES string of the molecule is CCOC(=O)C(C)(C)n1cc(Nc2nc(C)nc3scc(C)c23)cn1. The minimum Gasteiger partial charge on any atom is -0.464 e. The zero-order valence-electron chi connectivity index (χ0n) is 15.0. The van der Waals surface area contributed by atoms with Crippen molar-refractivity contribution >= 4 is 39.0 Å². The van der Waals surface area contributed by atoms with E-state index in [0.717, 1.165) is 27.3 Å². The van der Waals surface area contributed by atoms with Crippen LogP contribution in [0.25, 0.3) is 10.2 Å². The number of fused-ring (bicyclic) bond motifs is 1. The Bertz CT molecular complexity index is 928. The highest BCUT2D eigenvalue weighted by molar-refractivity contribution is 7.17. The second-order valence-corrected chi connectivity index (χ2v) is 7.15. The molecule has 3 rings (SSSR count). The molecule has 3 aromatic rings. The van der Waals surface area contributed by atoms with Gasteiger partial charge in [-0.15, -0.1) is 11.3 Å². The Labute approximate surface area is 150 Å². The normalized spacial score (nSPS) is 11.7. The highest BCUT2D eigenvalue weighted by atomic mass is 32.1. The number of nitrogens with one attached hydrogen (secondary N) is 1. The third kappa shape index (κ3) is 3.21. The number of ether oxygens (including phenoxy) is 1. The molecule has 0 bridgehead atoms. The van der Waals surface area contributed by atoms with Crippen molar-refractivity contribution in [3.8, 4) is 0 Å². The maximum atomic E-state index is 12.1. The zero-order valence-corrected chi connectivity index (χ0v) is 15.8. The van der Waals surface area contributed by atoms with E-state index >= 15 is 0 Å². The predicted molar refractivity (Wildman–Crippen MR) is 98.4 cm³/mol. The second kappa shape index (κ2) is 6.44. The van der Waals surface area contributed by atoms with E-state index in [1.54, 1.807) is 49.2 Å². The summed E-state index contributed by atoms with van der Waals surface area (Å²) in [4.78, 5) is 22.1. The maximum Gasteiger partial charge on any atom is 0.333 e. The molecular formula is C17H21N5O2S. The van der Waals surface area contributed by atoms with Gasteiger partial charge < -0.3 is 10.1 Å². The van der Waals surface area contributed by atoms with Crippen LogP contribution in [0.4, 0.5) is 11.5 Å². The summed E-state index contributed by atoms with van der Waals surface area (Å²) >= 11 is 1.60. The zero-order chi connectivity index (χ0) is 18.2. The van der Waals surface area contributed by atoms with Crippen molar-refractivity contribution in [3.05, 3.63) is 29.2 Å². The third-order valence-corrected chi connectivity index (χ3v) is 4.91. The first-order valence-corrected chi connectivity index (χ1v) is 8.92. The Balaban J connectivity index is 1.92. The van der Waals surface area contributed by atoms with Gasteiger partial charge in [0, 0.05) is 6.20 Å². The van der Waals surface area contributed by atoms with Gasteiger partial charge in [0.05, 0.1) is 23.9 Å². The largest absolute Gasteiger partial charge is 0.464 e. The van der Waals surface area contributed by atoms with Crippen molar-refractivity contribution in [1.82, 2.24) is 19.7 Å². The van der Waals surface area contributed by atoms with Crippen molar-refractivity contribution in [3.63, 3.8) is 0 Å². The number of esters is 1. The van der Waals surface area contributed by atoms with Gasteiger partial charge in [-0.3, -0.25) is 4.68 Å². The first-order chi connectivity index (χ1) is 11.8. The van der Waals surface area contributed by atoms with Gasteiger partial charge in [-0.25, -0.2) is 14.8 Å². The van der Waals surface area contributed by atoms with E-state index in [-0.39, 0.29) is 5.97 Å². The Morgan fingerprint density at radius 1 is 1.36 bits per heavy atom. The first kappa shape index (κ1) is 17.3. The van der Waals surface area contributed by atoms with Crippen LogP contribution < -0.4 is 5.32 Å². The second-order valence-electron chi connectivity index (χ2n) is 6.30. The summed E-state index contributed by atoms with van der Waals surface area (Å²) in [7, 11) is 0. The molecule has 1 N–H and O–H groups in total. The number of thiophene rings is 1. The van der Waals surface area contributed by atoms with E-state index in [2.05, 4.69) is 25.8 Å². The molecule has 0 fully saturated rings. The van der Waals surface area contributed by atoms with Crippen molar-refractivity contribution in [2.24, 2.45) is 0 Å². The van der Waals surface area contributed by atoms with Gasteiger partial charge in [0.15, 0.2) is 5.54 Å². The van der Waals surface area contributed by atoms with E-state index in [1.807, 2.05) is 13.8 Å². The average molecular weight is 359 g/mol. The van der Waals surface area contributed by atoms with Gasteiger partial charge >= 0.3 is 5.97 Å². The molecule has 3 aromatic heterocycles. The van der Waals surface area contributed by atoms with E-state index in [9.17, 15) is 4.79 Å². The van der Waals surface area contributed by atoms with Crippen LogP contribution in [0.5, 0.6) is 0 Å². The highest BCUT2D eigenvalue weighted by Gasteiger charge is 2.32. The topological polar surface area (TPSA) is 81.9 Å². The molecule has 0 unspecified atom stereocenters. The maximum absolute atomic E-state index is 12.1. The van der Waals surface area contributed by atoms with Crippen molar-refractivity contribution < 1.29 is 9.53 Å². The van der Waals surface area contributed by atoms with Gasteiger partial charge in [-0.05, 0) is 45.6 Å². The van der Waals surface area contributed by atoms with E-state index in [0.29, 0.717) is 12.4 Å². The summed E-state index contributed by atoms with van der Waals surface area (Å²) in [6, 6.07) is 0. The fourth-order valence-corrected chi connectivity index (χ4v) is 3.48. The van der Waals surface area contributed by atoms with Crippen molar-refractivity contribution in [2.45, 2.75) is 40.2 Å². The van der Waals surface area contributed by atoms with Crippen molar-refractivity contribution in [1.29, 1.82) is 0 Å². The van der Waals surface area contributed by atoms with Gasteiger partial charge in [0.25, 0.3) is 0 Å². The van der Waals surface area contributed by atoms with Gasteiger partial charge in [-0.2, -0.15) is 5.10 Å². The van der Waals surface area contributed by atoms with Crippen LogP contribution in [0.15, 0.2) is 17.8 Å². The molecule has 0 spiro atoms. The van der Waals surface area contributed by atoms with Crippen LogP contribution in [-0.2, 0) is 15.1 Å².